The highest BCUT2D eigenvalue weighted by Gasteiger charge is 2.30. The highest BCUT2D eigenvalue weighted by molar-refractivity contribution is 6.03. The van der Waals surface area contributed by atoms with E-state index in [4.69, 9.17) is 0 Å². The van der Waals surface area contributed by atoms with Crippen LogP contribution >= 0.6 is 0 Å². The van der Waals surface area contributed by atoms with Crippen molar-refractivity contribution < 1.29 is 27.9 Å². The van der Waals surface area contributed by atoms with Gasteiger partial charge < -0.3 is 20.6 Å². The van der Waals surface area contributed by atoms with Crippen molar-refractivity contribution in [1.82, 2.24) is 4.98 Å². The van der Waals surface area contributed by atoms with Crippen molar-refractivity contribution in [3.63, 3.8) is 0 Å². The number of alkyl halides is 3. The molecule has 7 nitrogen and oxygen atoms in total. The fourth-order valence-corrected chi connectivity index (χ4v) is 4.42. The predicted octanol–water partition coefficient (Wildman–Crippen LogP) is 4.79. The number of fused-ring (bicyclic) bond motifs is 1. The molecular weight excluding hydrogens is 509 g/mol. The number of anilines is 3. The standard InChI is InChI=1S/C29H25F3N4O3/c30-29(31,32)20-11-8-18(9-12-20)21(19-10-13-26(33-17-19)36-14-3-15-36)4-1-7-27(38)34-23-5-2-6-24-22(23)16-25(37)28(39)35-24/h1-2,4-13,17,25,37H,3,14-16H2,(H,34,38)(H,35,39)/b7-1+,21-4-. The number of halogens is 3. The van der Waals surface area contributed by atoms with E-state index in [1.165, 1.54) is 24.3 Å². The SMILES string of the molecule is O=C(/C=C/C=C(/c1ccc(C(F)(F)F)cc1)c1ccc(N2CCC2)nc1)Nc1cccc2c1CC(O)C(=O)N2. The summed E-state index contributed by atoms with van der Waals surface area (Å²) in [5, 5.41) is 15.3. The molecule has 2 amide bonds. The number of nitrogens with one attached hydrogen (secondary N) is 2. The van der Waals surface area contributed by atoms with Gasteiger partial charge in [0, 0.05) is 54.3 Å². The number of rotatable bonds is 6. The summed E-state index contributed by atoms with van der Waals surface area (Å²) in [6.45, 7) is 1.86. The molecule has 0 radical (unpaired) electrons. The van der Waals surface area contributed by atoms with Gasteiger partial charge in [0.1, 0.15) is 11.9 Å². The number of carbonyl (C=O) groups excluding carboxylic acids is 2. The van der Waals surface area contributed by atoms with E-state index in [0.717, 1.165) is 37.5 Å². The number of aromatic nitrogens is 1. The van der Waals surface area contributed by atoms with Gasteiger partial charge in [0.05, 0.1) is 5.56 Å². The van der Waals surface area contributed by atoms with Crippen molar-refractivity contribution in [1.29, 1.82) is 0 Å². The van der Waals surface area contributed by atoms with E-state index in [1.807, 2.05) is 12.1 Å². The zero-order valence-corrected chi connectivity index (χ0v) is 20.7. The summed E-state index contributed by atoms with van der Waals surface area (Å²) in [6, 6.07) is 13.6. The molecule has 0 saturated carbocycles. The number of aliphatic hydroxyl groups excluding tert-OH is 1. The first-order chi connectivity index (χ1) is 18.7. The Hall–Kier alpha value is -4.44. The van der Waals surface area contributed by atoms with Gasteiger partial charge >= 0.3 is 6.18 Å². The average molecular weight is 535 g/mol. The van der Waals surface area contributed by atoms with E-state index < -0.39 is 29.7 Å². The quantitative estimate of drug-likeness (QED) is 0.312. The minimum absolute atomic E-state index is 0.0692. The van der Waals surface area contributed by atoms with E-state index in [-0.39, 0.29) is 6.42 Å². The Morgan fingerprint density at radius 2 is 1.82 bits per heavy atom. The van der Waals surface area contributed by atoms with Crippen LogP contribution < -0.4 is 15.5 Å². The first-order valence-corrected chi connectivity index (χ1v) is 12.4. The molecule has 1 unspecified atom stereocenters. The second-order valence-corrected chi connectivity index (χ2v) is 9.29. The van der Waals surface area contributed by atoms with Crippen molar-refractivity contribution >= 4 is 34.6 Å². The van der Waals surface area contributed by atoms with Crippen LogP contribution in [0.4, 0.5) is 30.4 Å². The van der Waals surface area contributed by atoms with Crippen LogP contribution in [0.2, 0.25) is 0 Å². The molecule has 0 bridgehead atoms. The van der Waals surface area contributed by atoms with Gasteiger partial charge in [-0.3, -0.25) is 9.59 Å². The Morgan fingerprint density at radius 1 is 1.08 bits per heavy atom. The van der Waals surface area contributed by atoms with Gasteiger partial charge in [-0.2, -0.15) is 13.2 Å². The number of hydrogen-bond donors (Lipinski definition) is 3. The molecule has 2 aliphatic rings. The highest BCUT2D eigenvalue weighted by Crippen LogP contribution is 2.32. The monoisotopic (exact) mass is 534 g/mol. The van der Waals surface area contributed by atoms with Gasteiger partial charge in [0.2, 0.25) is 5.91 Å². The van der Waals surface area contributed by atoms with E-state index in [9.17, 15) is 27.9 Å². The van der Waals surface area contributed by atoms with Crippen LogP contribution in [0.3, 0.4) is 0 Å². The van der Waals surface area contributed by atoms with Crippen LogP contribution in [-0.2, 0) is 22.2 Å². The maximum absolute atomic E-state index is 13.1. The molecule has 0 aliphatic carbocycles. The second kappa shape index (κ2) is 10.7. The van der Waals surface area contributed by atoms with Crippen LogP contribution in [0.5, 0.6) is 0 Å². The summed E-state index contributed by atoms with van der Waals surface area (Å²) in [5.41, 5.74) is 2.65. The number of amides is 2. The van der Waals surface area contributed by atoms with Crippen LogP contribution in [0.1, 0.15) is 28.7 Å². The predicted molar refractivity (Wildman–Crippen MR) is 142 cm³/mol. The molecule has 3 aromatic rings. The van der Waals surface area contributed by atoms with Crippen LogP contribution in [0.15, 0.2) is 79.0 Å². The molecule has 200 valence electrons. The van der Waals surface area contributed by atoms with Crippen molar-refractivity contribution in [2.45, 2.75) is 25.1 Å². The Morgan fingerprint density at radius 3 is 2.46 bits per heavy atom. The molecule has 1 aromatic heterocycles. The summed E-state index contributed by atoms with van der Waals surface area (Å²) in [4.78, 5) is 31.1. The van der Waals surface area contributed by atoms with E-state index in [0.29, 0.717) is 33.6 Å². The molecule has 2 aromatic carbocycles. The molecule has 5 rings (SSSR count). The molecule has 2 aliphatic heterocycles. The second-order valence-electron chi connectivity index (χ2n) is 9.29. The smallest absolute Gasteiger partial charge is 0.383 e. The number of nitrogens with zero attached hydrogens (tertiary/aromatic N) is 2. The molecule has 39 heavy (non-hydrogen) atoms. The van der Waals surface area contributed by atoms with Crippen LogP contribution in [-0.4, -0.2) is 41.1 Å². The van der Waals surface area contributed by atoms with Crippen LogP contribution in [0.25, 0.3) is 5.57 Å². The maximum Gasteiger partial charge on any atom is 0.416 e. The maximum atomic E-state index is 13.1. The van der Waals surface area contributed by atoms with Crippen molar-refractivity contribution in [2.24, 2.45) is 0 Å². The first-order valence-electron chi connectivity index (χ1n) is 12.4. The average Bonchev–Trinajstić information content (AvgIpc) is 2.87. The van der Waals surface area contributed by atoms with Crippen molar-refractivity contribution in [3.05, 3.63) is 101 Å². The lowest BCUT2D eigenvalue weighted by atomic mass is 9.97. The summed E-state index contributed by atoms with van der Waals surface area (Å²) in [5.74, 6) is -0.123. The molecular formula is C29H25F3N4O3. The number of hydrogen-bond acceptors (Lipinski definition) is 5. The number of benzene rings is 2. The largest absolute Gasteiger partial charge is 0.416 e. The lowest BCUT2D eigenvalue weighted by Gasteiger charge is -2.32. The highest BCUT2D eigenvalue weighted by atomic mass is 19.4. The normalized spacial score (nSPS) is 17.4. The molecule has 1 fully saturated rings. The lowest BCUT2D eigenvalue weighted by molar-refractivity contribution is -0.137. The summed E-state index contributed by atoms with van der Waals surface area (Å²) in [6.07, 6.45) is 1.64. The fourth-order valence-electron chi connectivity index (χ4n) is 4.42. The summed E-state index contributed by atoms with van der Waals surface area (Å²) < 4.78 is 39.3. The minimum atomic E-state index is -4.45. The molecule has 3 heterocycles. The topological polar surface area (TPSA) is 94.6 Å². The third-order valence-electron chi connectivity index (χ3n) is 6.66. The third-order valence-corrected chi connectivity index (χ3v) is 6.66. The molecule has 0 spiro atoms. The van der Waals surface area contributed by atoms with Crippen molar-refractivity contribution in [2.75, 3.05) is 28.6 Å². The number of pyridine rings is 1. The molecule has 1 saturated heterocycles. The number of aliphatic hydroxyl groups is 1. The molecule has 1 atom stereocenters. The summed E-state index contributed by atoms with van der Waals surface area (Å²) in [7, 11) is 0. The summed E-state index contributed by atoms with van der Waals surface area (Å²) >= 11 is 0. The van der Waals surface area contributed by atoms with Crippen LogP contribution in [0, 0.1) is 0 Å². The van der Waals surface area contributed by atoms with Gasteiger partial charge in [-0.15, -0.1) is 0 Å². The van der Waals surface area contributed by atoms with Gasteiger partial charge in [0.15, 0.2) is 0 Å². The van der Waals surface area contributed by atoms with Crippen molar-refractivity contribution in [3.8, 4) is 0 Å². The first kappa shape index (κ1) is 26.2. The zero-order chi connectivity index (χ0) is 27.6. The van der Waals surface area contributed by atoms with Gasteiger partial charge in [-0.05, 0) is 54.0 Å². The number of carbonyl (C=O) groups is 2. The Balaban J connectivity index is 1.39. The molecule has 3 N–H and O–H groups in total. The number of allylic oxidation sites excluding steroid dienone is 2. The minimum Gasteiger partial charge on any atom is -0.383 e. The zero-order valence-electron chi connectivity index (χ0n) is 20.7. The third kappa shape index (κ3) is 5.85. The van der Waals surface area contributed by atoms with Gasteiger partial charge in [-0.1, -0.05) is 30.4 Å². The van der Waals surface area contributed by atoms with Gasteiger partial charge in [-0.25, -0.2) is 4.98 Å². The Kier molecular flexibility index (Phi) is 7.21. The van der Waals surface area contributed by atoms with E-state index in [1.54, 1.807) is 30.5 Å². The Labute approximate surface area is 222 Å². The van der Waals surface area contributed by atoms with E-state index >= 15 is 0 Å². The Bertz CT molecular complexity index is 1440. The van der Waals surface area contributed by atoms with Gasteiger partial charge in [0.25, 0.3) is 5.91 Å². The van der Waals surface area contributed by atoms with E-state index in [2.05, 4.69) is 20.5 Å². The lowest BCUT2D eigenvalue weighted by Crippen LogP contribution is -2.37. The fraction of sp³-hybridized carbons (Fsp3) is 0.207. The molecule has 10 heteroatoms.